The third-order valence-electron chi connectivity index (χ3n) is 2.34. The molecule has 4 nitrogen and oxygen atoms in total. The van der Waals surface area contributed by atoms with E-state index >= 15 is 0 Å². The molecule has 1 aromatic heterocycles. The molecule has 0 aromatic carbocycles. The van der Waals surface area contributed by atoms with Gasteiger partial charge in [-0.15, -0.1) is 0 Å². The summed E-state index contributed by atoms with van der Waals surface area (Å²) in [5, 5.41) is 2.75. The number of rotatable bonds is 3. The summed E-state index contributed by atoms with van der Waals surface area (Å²) in [7, 11) is 0. The number of nitrogens with one attached hydrogen (secondary N) is 1. The number of ether oxygens (including phenoxy) is 1. The van der Waals surface area contributed by atoms with Gasteiger partial charge in [-0.2, -0.15) is 0 Å². The fraction of sp³-hybridized carbons (Fsp3) is 0.467. The summed E-state index contributed by atoms with van der Waals surface area (Å²) in [6.07, 6.45) is 1.67. The summed E-state index contributed by atoms with van der Waals surface area (Å²) in [6.45, 7) is 8.14. The van der Waals surface area contributed by atoms with Crippen LogP contribution in [0.2, 0.25) is 0 Å². The van der Waals surface area contributed by atoms with Gasteiger partial charge in [0.05, 0.1) is 12.7 Å². The van der Waals surface area contributed by atoms with E-state index in [0.717, 1.165) is 5.69 Å². The predicted molar refractivity (Wildman–Crippen MR) is 74.7 cm³/mol. The van der Waals surface area contributed by atoms with E-state index in [1.54, 1.807) is 6.20 Å². The summed E-state index contributed by atoms with van der Waals surface area (Å²) in [4.78, 5) is 15.6. The zero-order chi connectivity index (χ0) is 14.3. The molecule has 0 unspecified atom stereocenters. The Morgan fingerprint density at radius 3 is 2.68 bits per heavy atom. The molecule has 0 aliphatic carbocycles. The van der Waals surface area contributed by atoms with Crippen molar-refractivity contribution < 1.29 is 9.53 Å². The third-order valence-corrected chi connectivity index (χ3v) is 2.34. The van der Waals surface area contributed by atoms with Crippen LogP contribution in [0.4, 0.5) is 0 Å². The van der Waals surface area contributed by atoms with E-state index in [1.165, 1.54) is 0 Å². The lowest BCUT2D eigenvalue weighted by molar-refractivity contribution is -0.128. The van der Waals surface area contributed by atoms with Crippen LogP contribution < -0.4 is 10.1 Å². The topological polar surface area (TPSA) is 51.2 Å². The number of carbonyl (C=O) groups is 1. The Balaban J connectivity index is 2.25. The average Bonchev–Trinajstić information content (AvgIpc) is 2.34. The van der Waals surface area contributed by atoms with Crippen molar-refractivity contribution in [3.05, 3.63) is 24.0 Å². The van der Waals surface area contributed by atoms with Gasteiger partial charge in [0.15, 0.2) is 0 Å². The zero-order valence-corrected chi connectivity index (χ0v) is 11.9. The lowest BCUT2D eigenvalue weighted by atomic mass is 9.96. The van der Waals surface area contributed by atoms with E-state index in [2.05, 4.69) is 22.1 Å². The van der Waals surface area contributed by atoms with Crippen molar-refractivity contribution in [1.82, 2.24) is 10.3 Å². The number of hydrogen-bond donors (Lipinski definition) is 1. The molecule has 102 valence electrons. The molecule has 1 amide bonds. The number of amides is 1. The van der Waals surface area contributed by atoms with Crippen LogP contribution in [0.25, 0.3) is 0 Å². The van der Waals surface area contributed by atoms with Crippen molar-refractivity contribution in [1.29, 1.82) is 0 Å². The van der Waals surface area contributed by atoms with Crippen LogP contribution in [0, 0.1) is 24.2 Å². The minimum Gasteiger partial charge on any atom is -0.479 e. The minimum absolute atomic E-state index is 0.00884. The highest BCUT2D eigenvalue weighted by Crippen LogP contribution is 2.11. The number of aryl methyl sites for hydroxylation is 1. The van der Waals surface area contributed by atoms with E-state index in [1.807, 2.05) is 39.8 Å². The molecule has 0 spiro atoms. The van der Waals surface area contributed by atoms with E-state index in [0.29, 0.717) is 12.3 Å². The second kappa shape index (κ2) is 6.79. The molecule has 0 saturated heterocycles. The molecular formula is C15H20N2O2. The summed E-state index contributed by atoms with van der Waals surface area (Å²) >= 11 is 0. The molecule has 0 aliphatic rings. The molecule has 0 fully saturated rings. The standard InChI is InChI=1S/C15H20N2O2/c1-12-7-8-13(11-17-12)19-10-6-5-9-16-14(18)15(2,3)4/h7-8,11H,9-10H2,1-4H3,(H,16,18). The van der Waals surface area contributed by atoms with Gasteiger partial charge in [-0.25, -0.2) is 0 Å². The van der Waals surface area contributed by atoms with E-state index in [4.69, 9.17) is 4.74 Å². The third kappa shape index (κ3) is 5.91. The molecule has 0 bridgehead atoms. The predicted octanol–water partition coefficient (Wildman–Crippen LogP) is 1.93. The monoisotopic (exact) mass is 260 g/mol. The molecule has 0 saturated carbocycles. The Bertz CT molecular complexity index is 476. The SMILES string of the molecule is Cc1ccc(OCC#CCNC(=O)C(C)(C)C)cn1. The Morgan fingerprint density at radius 2 is 2.11 bits per heavy atom. The maximum Gasteiger partial charge on any atom is 0.226 e. The van der Waals surface area contributed by atoms with Crippen LogP contribution in [0.5, 0.6) is 5.75 Å². The maximum absolute atomic E-state index is 11.5. The van der Waals surface area contributed by atoms with Crippen molar-refractivity contribution in [3.8, 4) is 17.6 Å². The lowest BCUT2D eigenvalue weighted by Crippen LogP contribution is -2.34. The zero-order valence-electron chi connectivity index (χ0n) is 11.9. The Labute approximate surface area is 114 Å². The Kier molecular flexibility index (Phi) is 5.37. The highest BCUT2D eigenvalue weighted by molar-refractivity contribution is 5.81. The van der Waals surface area contributed by atoms with Crippen molar-refractivity contribution in [2.24, 2.45) is 5.41 Å². The molecular weight excluding hydrogens is 240 g/mol. The van der Waals surface area contributed by atoms with Gasteiger partial charge >= 0.3 is 0 Å². The molecule has 4 heteroatoms. The average molecular weight is 260 g/mol. The molecule has 0 atom stereocenters. The van der Waals surface area contributed by atoms with E-state index in [9.17, 15) is 4.79 Å². The first-order valence-corrected chi connectivity index (χ1v) is 6.19. The molecule has 19 heavy (non-hydrogen) atoms. The van der Waals surface area contributed by atoms with Crippen LogP contribution in [-0.4, -0.2) is 24.0 Å². The smallest absolute Gasteiger partial charge is 0.226 e. The largest absolute Gasteiger partial charge is 0.479 e. The van der Waals surface area contributed by atoms with Gasteiger partial charge in [0, 0.05) is 11.1 Å². The van der Waals surface area contributed by atoms with Gasteiger partial charge in [0.2, 0.25) is 5.91 Å². The van der Waals surface area contributed by atoms with E-state index < -0.39 is 0 Å². The molecule has 1 aromatic rings. The fourth-order valence-electron chi connectivity index (χ4n) is 1.16. The summed E-state index contributed by atoms with van der Waals surface area (Å²) < 4.78 is 5.39. The van der Waals surface area contributed by atoms with Crippen LogP contribution in [0.3, 0.4) is 0 Å². The highest BCUT2D eigenvalue weighted by Gasteiger charge is 2.19. The van der Waals surface area contributed by atoms with E-state index in [-0.39, 0.29) is 17.9 Å². The highest BCUT2D eigenvalue weighted by atomic mass is 16.5. The van der Waals surface area contributed by atoms with Crippen LogP contribution in [-0.2, 0) is 4.79 Å². The normalized spacial score (nSPS) is 10.3. The number of aromatic nitrogens is 1. The van der Waals surface area contributed by atoms with Crippen LogP contribution in [0.15, 0.2) is 18.3 Å². The lowest BCUT2D eigenvalue weighted by Gasteiger charge is -2.15. The maximum atomic E-state index is 11.5. The number of pyridine rings is 1. The summed E-state index contributed by atoms with van der Waals surface area (Å²) in [6, 6.07) is 3.73. The first-order valence-electron chi connectivity index (χ1n) is 6.19. The first kappa shape index (κ1) is 15.0. The summed E-state index contributed by atoms with van der Waals surface area (Å²) in [5.41, 5.74) is 0.564. The van der Waals surface area contributed by atoms with Gasteiger partial charge in [-0.1, -0.05) is 32.6 Å². The second-order valence-electron chi connectivity index (χ2n) is 5.21. The number of hydrogen-bond acceptors (Lipinski definition) is 3. The van der Waals surface area contributed by atoms with Crippen molar-refractivity contribution in [3.63, 3.8) is 0 Å². The fourth-order valence-corrected chi connectivity index (χ4v) is 1.16. The van der Waals surface area contributed by atoms with Crippen LogP contribution in [0.1, 0.15) is 26.5 Å². The van der Waals surface area contributed by atoms with Crippen molar-refractivity contribution in [2.45, 2.75) is 27.7 Å². The number of carbonyl (C=O) groups excluding carboxylic acids is 1. The van der Waals surface area contributed by atoms with Gasteiger partial charge in [-0.05, 0) is 19.1 Å². The Hall–Kier alpha value is -2.02. The van der Waals surface area contributed by atoms with Gasteiger partial charge < -0.3 is 10.1 Å². The molecule has 1 rings (SSSR count). The number of nitrogens with zero attached hydrogens (tertiary/aromatic N) is 1. The second-order valence-corrected chi connectivity index (χ2v) is 5.21. The first-order chi connectivity index (χ1) is 8.89. The molecule has 0 radical (unpaired) electrons. The van der Waals surface area contributed by atoms with Crippen molar-refractivity contribution >= 4 is 5.91 Å². The molecule has 1 N–H and O–H groups in total. The quantitative estimate of drug-likeness (QED) is 0.845. The molecule has 0 aliphatic heterocycles. The van der Waals surface area contributed by atoms with Gasteiger partial charge in [-0.3, -0.25) is 9.78 Å². The molecule has 1 heterocycles. The van der Waals surface area contributed by atoms with Gasteiger partial charge in [0.1, 0.15) is 12.4 Å². The minimum atomic E-state index is -0.383. The Morgan fingerprint density at radius 1 is 1.37 bits per heavy atom. The van der Waals surface area contributed by atoms with Crippen LogP contribution >= 0.6 is 0 Å². The summed E-state index contributed by atoms with van der Waals surface area (Å²) in [5.74, 6) is 6.37. The van der Waals surface area contributed by atoms with Crippen molar-refractivity contribution in [2.75, 3.05) is 13.2 Å². The van der Waals surface area contributed by atoms with Gasteiger partial charge in [0.25, 0.3) is 0 Å².